The molecule has 0 amide bonds. The monoisotopic (exact) mass is 379 g/mol. The van der Waals surface area contributed by atoms with Crippen LogP contribution in [-0.2, 0) is 12.3 Å². The van der Waals surface area contributed by atoms with Gasteiger partial charge in [0.25, 0.3) is 0 Å². The molecule has 0 N–H and O–H groups in total. The predicted octanol–water partition coefficient (Wildman–Crippen LogP) is 4.63. The van der Waals surface area contributed by atoms with E-state index in [1.165, 1.54) is 0 Å². The number of methoxy groups -OCH3 is 1. The van der Waals surface area contributed by atoms with Crippen LogP contribution in [0.25, 0.3) is 11.4 Å². The van der Waals surface area contributed by atoms with Gasteiger partial charge in [-0.05, 0) is 25.1 Å². The molecule has 5 nitrogen and oxygen atoms in total. The number of ketones is 1. The minimum atomic E-state index is 0.0325. The van der Waals surface area contributed by atoms with Gasteiger partial charge in [-0.25, -0.2) is 0 Å². The van der Waals surface area contributed by atoms with Gasteiger partial charge in [0.1, 0.15) is 5.75 Å². The van der Waals surface area contributed by atoms with Crippen molar-refractivity contribution in [3.05, 3.63) is 72.3 Å². The predicted molar refractivity (Wildman–Crippen MR) is 108 cm³/mol. The number of allylic oxidation sites excluding steroid dienone is 1. The first-order valence-electron chi connectivity index (χ1n) is 8.54. The van der Waals surface area contributed by atoms with Crippen molar-refractivity contribution in [3.8, 4) is 17.1 Å². The second-order valence-electron chi connectivity index (χ2n) is 5.94. The Morgan fingerprint density at radius 3 is 2.67 bits per heavy atom. The molecule has 3 aromatic rings. The topological polar surface area (TPSA) is 57.0 Å². The van der Waals surface area contributed by atoms with Crippen LogP contribution in [0.15, 0.2) is 66.3 Å². The Kier molecular flexibility index (Phi) is 6.08. The molecular weight excluding hydrogens is 358 g/mol. The number of carbonyl (C=O) groups is 1. The Labute approximate surface area is 163 Å². The minimum Gasteiger partial charge on any atom is -0.496 e. The number of nitrogens with zero attached hydrogens (tertiary/aromatic N) is 3. The van der Waals surface area contributed by atoms with E-state index >= 15 is 0 Å². The lowest BCUT2D eigenvalue weighted by Gasteiger charge is -2.11. The minimum absolute atomic E-state index is 0.0325. The molecule has 6 heteroatoms. The highest BCUT2D eigenvalue weighted by atomic mass is 32.2. The van der Waals surface area contributed by atoms with Crippen molar-refractivity contribution >= 4 is 17.5 Å². The highest BCUT2D eigenvalue weighted by molar-refractivity contribution is 7.98. The number of Topliss-reactive ketones (excluding diaryl/α,β-unsaturated/α-hetero) is 1. The van der Waals surface area contributed by atoms with Gasteiger partial charge in [-0.15, -0.1) is 16.8 Å². The summed E-state index contributed by atoms with van der Waals surface area (Å²) in [4.78, 5) is 11.7. The number of hydrogen-bond donors (Lipinski definition) is 0. The fourth-order valence-corrected chi connectivity index (χ4v) is 3.67. The summed E-state index contributed by atoms with van der Waals surface area (Å²) in [6.07, 6.45) is 1.83. The van der Waals surface area contributed by atoms with Crippen molar-refractivity contribution in [2.75, 3.05) is 7.11 Å². The molecule has 27 heavy (non-hydrogen) atoms. The number of rotatable bonds is 8. The number of thioether (sulfide) groups is 1. The van der Waals surface area contributed by atoms with Gasteiger partial charge >= 0.3 is 0 Å². The molecule has 138 valence electrons. The number of carbonyl (C=O) groups excluding carboxylic acids is 1. The van der Waals surface area contributed by atoms with Crippen LogP contribution in [0.3, 0.4) is 0 Å². The lowest BCUT2D eigenvalue weighted by molar-refractivity contribution is 0.101. The maximum Gasteiger partial charge on any atom is 0.192 e. The highest BCUT2D eigenvalue weighted by Gasteiger charge is 2.15. The maximum absolute atomic E-state index is 11.7. The van der Waals surface area contributed by atoms with E-state index in [1.54, 1.807) is 31.9 Å². The molecule has 0 fully saturated rings. The SMILES string of the molecule is C=CCn1c(SCc2cc(C(C)=O)ccc2OC)nnc1-c1ccccc1. The lowest BCUT2D eigenvalue weighted by atomic mass is 10.1. The van der Waals surface area contributed by atoms with E-state index in [1.807, 2.05) is 53.1 Å². The maximum atomic E-state index is 11.7. The molecule has 0 saturated carbocycles. The van der Waals surface area contributed by atoms with Gasteiger partial charge in [-0.2, -0.15) is 0 Å². The van der Waals surface area contributed by atoms with Crippen molar-refractivity contribution in [1.29, 1.82) is 0 Å². The average Bonchev–Trinajstić information content (AvgIpc) is 3.09. The molecule has 0 bridgehead atoms. The summed E-state index contributed by atoms with van der Waals surface area (Å²) in [7, 11) is 1.63. The Hall–Kier alpha value is -2.86. The normalized spacial score (nSPS) is 10.6. The van der Waals surface area contributed by atoms with Gasteiger partial charge in [0, 0.05) is 29.0 Å². The summed E-state index contributed by atoms with van der Waals surface area (Å²) in [6, 6.07) is 15.4. The van der Waals surface area contributed by atoms with Crippen molar-refractivity contribution in [2.24, 2.45) is 0 Å². The molecule has 0 saturated heterocycles. The van der Waals surface area contributed by atoms with Crippen LogP contribution < -0.4 is 4.74 Å². The molecule has 1 aromatic heterocycles. The second kappa shape index (κ2) is 8.68. The van der Waals surface area contributed by atoms with Crippen LogP contribution in [0.5, 0.6) is 5.75 Å². The first-order valence-corrected chi connectivity index (χ1v) is 9.52. The average molecular weight is 379 g/mol. The molecule has 0 unspecified atom stereocenters. The quantitative estimate of drug-likeness (QED) is 0.324. The fraction of sp³-hybridized carbons (Fsp3) is 0.190. The standard InChI is InChI=1S/C21H21N3O2S/c1-4-12-24-20(16-8-6-5-7-9-16)22-23-21(24)27-14-18-13-17(15(2)25)10-11-19(18)26-3/h4-11,13H,1,12,14H2,2-3H3. The smallest absolute Gasteiger partial charge is 0.192 e. The van der Waals surface area contributed by atoms with Gasteiger partial charge < -0.3 is 4.74 Å². The fourth-order valence-electron chi connectivity index (χ4n) is 2.74. The Balaban J connectivity index is 1.88. The van der Waals surface area contributed by atoms with E-state index in [9.17, 15) is 4.79 Å². The summed E-state index contributed by atoms with van der Waals surface area (Å²) in [5.74, 6) is 2.21. The molecule has 1 heterocycles. The molecule has 0 atom stereocenters. The Morgan fingerprint density at radius 1 is 1.22 bits per heavy atom. The molecular formula is C21H21N3O2S. The van der Waals surface area contributed by atoms with Crippen molar-refractivity contribution < 1.29 is 9.53 Å². The van der Waals surface area contributed by atoms with E-state index in [2.05, 4.69) is 16.8 Å². The summed E-state index contributed by atoms with van der Waals surface area (Å²) in [6.45, 7) is 6.02. The van der Waals surface area contributed by atoms with Crippen molar-refractivity contribution in [1.82, 2.24) is 14.8 Å². The van der Waals surface area contributed by atoms with E-state index in [0.29, 0.717) is 17.9 Å². The largest absolute Gasteiger partial charge is 0.496 e. The summed E-state index contributed by atoms with van der Waals surface area (Å²) >= 11 is 1.56. The van der Waals surface area contributed by atoms with Crippen molar-refractivity contribution in [3.63, 3.8) is 0 Å². The number of ether oxygens (including phenoxy) is 1. The first-order chi connectivity index (χ1) is 13.1. The summed E-state index contributed by atoms with van der Waals surface area (Å²) < 4.78 is 7.47. The molecule has 0 spiro atoms. The molecule has 3 rings (SSSR count). The lowest BCUT2D eigenvalue weighted by Crippen LogP contribution is -2.01. The van der Waals surface area contributed by atoms with Crippen LogP contribution in [0.1, 0.15) is 22.8 Å². The number of benzene rings is 2. The third-order valence-corrected chi connectivity index (χ3v) is 5.12. The summed E-state index contributed by atoms with van der Waals surface area (Å²) in [5.41, 5.74) is 2.63. The molecule has 0 aliphatic carbocycles. The zero-order valence-corrected chi connectivity index (χ0v) is 16.2. The molecule has 2 aromatic carbocycles. The molecule has 0 radical (unpaired) electrons. The van der Waals surface area contributed by atoms with Gasteiger partial charge in [0.05, 0.1) is 7.11 Å². The third kappa shape index (κ3) is 4.28. The van der Waals surface area contributed by atoms with Crippen LogP contribution in [0, 0.1) is 0 Å². The Bertz CT molecular complexity index is 951. The molecule has 0 aliphatic rings. The first kappa shape index (κ1) is 18.9. The van der Waals surface area contributed by atoms with Gasteiger partial charge in [0.2, 0.25) is 0 Å². The van der Waals surface area contributed by atoms with Crippen molar-refractivity contribution in [2.45, 2.75) is 24.4 Å². The summed E-state index contributed by atoms with van der Waals surface area (Å²) in [5, 5.41) is 9.52. The van der Waals surface area contributed by atoms with Crippen LogP contribution in [0.4, 0.5) is 0 Å². The van der Waals surface area contributed by atoms with E-state index in [4.69, 9.17) is 4.74 Å². The zero-order valence-electron chi connectivity index (χ0n) is 15.4. The van der Waals surface area contributed by atoms with Gasteiger partial charge in [-0.1, -0.05) is 48.2 Å². The van der Waals surface area contributed by atoms with E-state index < -0.39 is 0 Å². The highest BCUT2D eigenvalue weighted by Crippen LogP contribution is 2.30. The van der Waals surface area contributed by atoms with Crippen LogP contribution >= 0.6 is 11.8 Å². The second-order valence-corrected chi connectivity index (χ2v) is 6.89. The van der Waals surface area contributed by atoms with Gasteiger partial charge in [-0.3, -0.25) is 9.36 Å². The Morgan fingerprint density at radius 2 is 2.00 bits per heavy atom. The van der Waals surface area contributed by atoms with E-state index in [0.717, 1.165) is 27.9 Å². The third-order valence-electron chi connectivity index (χ3n) is 4.10. The zero-order chi connectivity index (χ0) is 19.2. The van der Waals surface area contributed by atoms with Crippen LogP contribution in [0.2, 0.25) is 0 Å². The molecule has 0 aliphatic heterocycles. The number of hydrogen-bond acceptors (Lipinski definition) is 5. The van der Waals surface area contributed by atoms with E-state index in [-0.39, 0.29) is 5.78 Å². The van der Waals surface area contributed by atoms with Crippen LogP contribution in [-0.4, -0.2) is 27.7 Å². The van der Waals surface area contributed by atoms with Gasteiger partial charge in [0.15, 0.2) is 16.8 Å². The number of aromatic nitrogens is 3.